The van der Waals surface area contributed by atoms with Crippen LogP contribution in [-0.4, -0.2) is 48.7 Å². The summed E-state index contributed by atoms with van der Waals surface area (Å²) < 4.78 is 0. The van der Waals surface area contributed by atoms with E-state index in [9.17, 15) is 0 Å². The fourth-order valence-corrected chi connectivity index (χ4v) is 0. The maximum absolute atomic E-state index is 0. The van der Waals surface area contributed by atoms with Gasteiger partial charge in [0.15, 0.2) is 0 Å². The van der Waals surface area contributed by atoms with Crippen LogP contribution in [0, 0.1) is 0 Å². The molecule has 0 aliphatic carbocycles. The molecule has 0 aromatic rings. The third kappa shape index (κ3) is 9.08. The van der Waals surface area contributed by atoms with E-state index in [1.807, 2.05) is 0 Å². The molecular weight excluding hydrogens is 114 g/mol. The van der Waals surface area contributed by atoms with Gasteiger partial charge in [-0.05, 0) is 11.0 Å². The first-order valence-corrected chi connectivity index (χ1v) is 0. The Labute approximate surface area is 111 Å². The minimum atomic E-state index is 0. The van der Waals surface area contributed by atoms with Crippen LogP contribution < -0.4 is 59.1 Å². The molecule has 0 nitrogen and oxygen atoms in total. The Morgan fingerprint density at radius 3 is 1.00 bits per heavy atom. The molecule has 0 radical (unpaired) electrons. The van der Waals surface area contributed by atoms with Crippen LogP contribution in [0.15, 0.2) is 0 Å². The van der Waals surface area contributed by atoms with Gasteiger partial charge in [-0.1, -0.05) is 0 Å². The molecule has 0 unspecified atom stereocenters. The van der Waals surface area contributed by atoms with Crippen molar-refractivity contribution >= 4 is 48.7 Å². The van der Waals surface area contributed by atoms with Crippen molar-refractivity contribution in [1.29, 1.82) is 0 Å². The maximum Gasteiger partial charge on any atom is 2.00 e. The summed E-state index contributed by atoms with van der Waals surface area (Å²) in [4.78, 5) is 0. The van der Waals surface area contributed by atoms with Gasteiger partial charge in [0.05, 0.1) is 0 Å². The van der Waals surface area contributed by atoms with Crippen molar-refractivity contribution in [2.75, 3.05) is 0 Å². The Hall–Kier alpha value is 3.48. The van der Waals surface area contributed by atoms with Gasteiger partial charge in [-0.3, -0.25) is 0 Å². The molecule has 0 aromatic carbocycles. The molecule has 0 heterocycles. The van der Waals surface area contributed by atoms with Crippen molar-refractivity contribution in [2.45, 2.75) is 0 Å². The third-order valence-corrected chi connectivity index (χ3v) is 0. The normalized spacial score (nSPS) is 0. The fraction of sp³-hybridized carbons (Fsp3) is 0. The van der Waals surface area contributed by atoms with Crippen molar-refractivity contribution in [2.24, 2.45) is 0 Å². The zero-order chi connectivity index (χ0) is 0. The van der Waals surface area contributed by atoms with E-state index in [1.165, 1.54) is 0 Å². The molecule has 0 fully saturated rings. The summed E-state index contributed by atoms with van der Waals surface area (Å²) in [6.07, 6.45) is 0. The van der Waals surface area contributed by atoms with Gasteiger partial charge in [0.2, 0.25) is 0 Å². The molecule has 0 rings (SSSR count). The number of hydrogen-bond acceptors (Lipinski definition) is 0. The van der Waals surface area contributed by atoms with E-state index in [4.69, 9.17) is 0 Å². The summed E-state index contributed by atoms with van der Waals surface area (Å²) in [7, 11) is 0. The minimum Gasteiger partial charge on any atom is -1.00 e. The van der Waals surface area contributed by atoms with Crippen LogP contribution in [0.5, 0.6) is 0 Å². The molecule has 16 valence electrons. The standard InChI is InChI=1S/Ca.2Na.H4Si.4H/h;;;1H4;;;;/q+2;2*+1;;4*-1. The van der Waals surface area contributed by atoms with Crippen LogP contribution in [0.2, 0.25) is 0 Å². The summed E-state index contributed by atoms with van der Waals surface area (Å²) in [6.45, 7) is 0. The molecule has 4 heteroatoms. The molecular formula is H8CaNa2Si. The molecule has 0 amide bonds. The van der Waals surface area contributed by atoms with Crippen molar-refractivity contribution in [3.05, 3.63) is 0 Å². The van der Waals surface area contributed by atoms with Crippen LogP contribution in [0.4, 0.5) is 0 Å². The molecule has 0 bridgehead atoms. The Morgan fingerprint density at radius 1 is 1.00 bits per heavy atom. The van der Waals surface area contributed by atoms with Crippen LogP contribution in [0.25, 0.3) is 0 Å². The zero-order valence-electron chi connectivity index (χ0n) is 6.71. The zero-order valence-corrected chi connectivity index (χ0v) is 8.92. The van der Waals surface area contributed by atoms with Crippen molar-refractivity contribution in [3.63, 3.8) is 0 Å². The van der Waals surface area contributed by atoms with E-state index >= 15 is 0 Å². The Balaban J connectivity index is 0. The van der Waals surface area contributed by atoms with Gasteiger partial charge < -0.3 is 5.71 Å². The van der Waals surface area contributed by atoms with Crippen LogP contribution in [-0.2, 0) is 0 Å². The molecule has 0 saturated heterocycles. The van der Waals surface area contributed by atoms with E-state index in [1.54, 1.807) is 0 Å². The van der Waals surface area contributed by atoms with Gasteiger partial charge in [0, 0.05) is 0 Å². The van der Waals surface area contributed by atoms with Crippen molar-refractivity contribution in [1.82, 2.24) is 0 Å². The topological polar surface area (TPSA) is 0 Å². The fourth-order valence-electron chi connectivity index (χ4n) is 0. The van der Waals surface area contributed by atoms with Crippen LogP contribution in [0.1, 0.15) is 5.71 Å². The van der Waals surface area contributed by atoms with E-state index in [0.717, 1.165) is 0 Å². The van der Waals surface area contributed by atoms with E-state index in [0.29, 0.717) is 0 Å². The smallest absolute Gasteiger partial charge is 1.00 e. The predicted molar refractivity (Wildman–Crippen MR) is 21.5 cm³/mol. The SMILES string of the molecule is [Ca+2].[H-].[H-].[H-].[H-].[Na+].[Na+].[SiH4]. The van der Waals surface area contributed by atoms with E-state index in [-0.39, 0.29) is 114 Å². The molecule has 0 saturated carbocycles. The Morgan fingerprint density at radius 2 is 1.00 bits per heavy atom. The van der Waals surface area contributed by atoms with Gasteiger partial charge in [-0.25, -0.2) is 0 Å². The van der Waals surface area contributed by atoms with Gasteiger partial charge in [-0.15, -0.1) is 0 Å². The molecule has 0 N–H and O–H groups in total. The maximum atomic E-state index is 0. The van der Waals surface area contributed by atoms with E-state index in [2.05, 4.69) is 0 Å². The quantitative estimate of drug-likeness (QED) is 0.280. The second kappa shape index (κ2) is 16.1. The first-order valence-electron chi connectivity index (χ1n) is 0. The minimum absolute atomic E-state index is 0. The molecule has 4 heavy (non-hydrogen) atoms. The summed E-state index contributed by atoms with van der Waals surface area (Å²) in [5.41, 5.74) is 0. The first-order chi connectivity index (χ1) is 0. The number of rotatable bonds is 0. The van der Waals surface area contributed by atoms with E-state index < -0.39 is 0 Å². The summed E-state index contributed by atoms with van der Waals surface area (Å²) in [6, 6.07) is 0. The second-order valence-corrected chi connectivity index (χ2v) is 0. The average Bonchev–Trinajstić information content (AvgIpc) is 0. The van der Waals surface area contributed by atoms with Crippen molar-refractivity contribution < 1.29 is 64.8 Å². The Bertz CT molecular complexity index is 14.0. The van der Waals surface area contributed by atoms with Crippen molar-refractivity contribution in [3.8, 4) is 0 Å². The average molecular weight is 122 g/mol. The van der Waals surface area contributed by atoms with Crippen LogP contribution >= 0.6 is 0 Å². The largest absolute Gasteiger partial charge is 2.00 e. The summed E-state index contributed by atoms with van der Waals surface area (Å²) >= 11 is 0. The molecule has 0 aromatic heterocycles. The first kappa shape index (κ1) is 25.9. The summed E-state index contributed by atoms with van der Waals surface area (Å²) in [5, 5.41) is 0. The van der Waals surface area contributed by atoms with Gasteiger partial charge in [-0.2, -0.15) is 0 Å². The third-order valence-electron chi connectivity index (χ3n) is 0. The monoisotopic (exact) mass is 122 g/mol. The predicted octanol–water partition coefficient (Wildman–Crippen LogP) is -7.37. The van der Waals surface area contributed by atoms with Crippen LogP contribution in [0.3, 0.4) is 0 Å². The Kier molecular flexibility index (Phi) is 104. The van der Waals surface area contributed by atoms with Gasteiger partial charge >= 0.3 is 96.9 Å². The van der Waals surface area contributed by atoms with Gasteiger partial charge in [0.25, 0.3) is 0 Å². The summed E-state index contributed by atoms with van der Waals surface area (Å²) in [5.74, 6) is 0. The molecule has 0 aliphatic rings. The molecule has 0 aliphatic heterocycles. The molecule has 0 atom stereocenters. The second-order valence-electron chi connectivity index (χ2n) is 0. The van der Waals surface area contributed by atoms with Gasteiger partial charge in [0.1, 0.15) is 0 Å². The number of hydrogen-bond donors (Lipinski definition) is 0. The molecule has 0 spiro atoms.